The topological polar surface area (TPSA) is 110 Å². The number of benzene rings is 2. The van der Waals surface area contributed by atoms with Gasteiger partial charge in [0.1, 0.15) is 5.56 Å². The number of anilines is 1. The number of carbonyl (C=O) groups excluding carboxylic acids is 1. The SMILES string of the molecule is Cc1ccc(NC(=O)c2cc(Cl)ccc2[N+](=O)[O-])cc1S(=O)(=O)N1CCCCC1. The Labute approximate surface area is 173 Å². The summed E-state index contributed by atoms with van der Waals surface area (Å²) in [5.74, 6) is -0.746. The van der Waals surface area contributed by atoms with E-state index in [0.717, 1.165) is 25.3 Å². The number of nitrogens with one attached hydrogen (secondary N) is 1. The van der Waals surface area contributed by atoms with Gasteiger partial charge in [0.25, 0.3) is 11.6 Å². The summed E-state index contributed by atoms with van der Waals surface area (Å²) in [6.07, 6.45) is 2.62. The van der Waals surface area contributed by atoms with E-state index in [1.807, 2.05) is 0 Å². The summed E-state index contributed by atoms with van der Waals surface area (Å²) >= 11 is 5.87. The minimum absolute atomic E-state index is 0.109. The molecule has 29 heavy (non-hydrogen) atoms. The lowest BCUT2D eigenvalue weighted by Gasteiger charge is -2.26. The molecule has 1 aliphatic heterocycles. The number of amides is 1. The van der Waals surface area contributed by atoms with E-state index in [1.54, 1.807) is 19.1 Å². The molecule has 0 atom stereocenters. The Morgan fingerprint density at radius 3 is 2.48 bits per heavy atom. The van der Waals surface area contributed by atoms with Crippen LogP contribution in [0, 0.1) is 17.0 Å². The molecule has 0 unspecified atom stereocenters. The maximum atomic E-state index is 13.0. The van der Waals surface area contributed by atoms with Crippen molar-refractivity contribution in [2.75, 3.05) is 18.4 Å². The Hall–Kier alpha value is -2.49. The molecule has 0 spiro atoms. The molecule has 1 amide bonds. The van der Waals surface area contributed by atoms with Gasteiger partial charge in [-0.25, -0.2) is 8.42 Å². The van der Waals surface area contributed by atoms with Gasteiger partial charge in [-0.1, -0.05) is 24.1 Å². The van der Waals surface area contributed by atoms with Crippen molar-refractivity contribution in [2.45, 2.75) is 31.1 Å². The van der Waals surface area contributed by atoms with Gasteiger partial charge in [-0.2, -0.15) is 4.31 Å². The van der Waals surface area contributed by atoms with Crippen LogP contribution < -0.4 is 5.32 Å². The van der Waals surface area contributed by atoms with Crippen molar-refractivity contribution in [1.29, 1.82) is 0 Å². The second-order valence-corrected chi connectivity index (χ2v) is 9.16. The molecule has 0 radical (unpaired) electrons. The van der Waals surface area contributed by atoms with Gasteiger partial charge in [-0.3, -0.25) is 14.9 Å². The minimum atomic E-state index is -3.69. The number of aryl methyl sites for hydroxylation is 1. The van der Waals surface area contributed by atoms with E-state index in [4.69, 9.17) is 11.6 Å². The van der Waals surface area contributed by atoms with Crippen molar-refractivity contribution >= 4 is 38.9 Å². The Morgan fingerprint density at radius 2 is 1.83 bits per heavy atom. The second-order valence-electron chi connectivity index (χ2n) is 6.82. The zero-order valence-corrected chi connectivity index (χ0v) is 17.3. The van der Waals surface area contributed by atoms with Crippen LogP contribution >= 0.6 is 11.6 Å². The predicted molar refractivity (Wildman–Crippen MR) is 110 cm³/mol. The smallest absolute Gasteiger partial charge is 0.282 e. The lowest BCUT2D eigenvalue weighted by atomic mass is 10.1. The van der Waals surface area contributed by atoms with Crippen LogP contribution in [-0.2, 0) is 10.0 Å². The van der Waals surface area contributed by atoms with Crippen LogP contribution in [0.25, 0.3) is 0 Å². The minimum Gasteiger partial charge on any atom is -0.322 e. The van der Waals surface area contributed by atoms with Crippen LogP contribution in [0.3, 0.4) is 0 Å². The summed E-state index contributed by atoms with van der Waals surface area (Å²) in [4.78, 5) is 23.2. The summed E-state index contributed by atoms with van der Waals surface area (Å²) in [6.45, 7) is 2.62. The average Bonchev–Trinajstić information content (AvgIpc) is 2.69. The summed E-state index contributed by atoms with van der Waals surface area (Å²) in [5, 5.41) is 13.9. The molecule has 1 heterocycles. The van der Waals surface area contributed by atoms with Gasteiger partial charge < -0.3 is 5.32 Å². The number of hydrogen-bond donors (Lipinski definition) is 1. The Morgan fingerprint density at radius 1 is 1.14 bits per heavy atom. The third-order valence-electron chi connectivity index (χ3n) is 4.78. The number of nitrogens with zero attached hydrogens (tertiary/aromatic N) is 2. The van der Waals surface area contributed by atoms with E-state index in [0.29, 0.717) is 18.7 Å². The molecular formula is C19H20ClN3O5S. The maximum Gasteiger partial charge on any atom is 0.282 e. The maximum absolute atomic E-state index is 13.0. The first-order valence-electron chi connectivity index (χ1n) is 9.06. The van der Waals surface area contributed by atoms with Gasteiger partial charge in [-0.05, 0) is 49.6 Å². The van der Waals surface area contributed by atoms with Crippen molar-refractivity contribution in [1.82, 2.24) is 4.31 Å². The van der Waals surface area contributed by atoms with Crippen LogP contribution in [0.1, 0.15) is 35.2 Å². The van der Waals surface area contributed by atoms with E-state index >= 15 is 0 Å². The molecule has 1 saturated heterocycles. The zero-order valence-electron chi connectivity index (χ0n) is 15.7. The van der Waals surface area contributed by atoms with Gasteiger partial charge in [0.2, 0.25) is 10.0 Å². The van der Waals surface area contributed by atoms with Crippen molar-refractivity contribution < 1.29 is 18.1 Å². The first-order chi connectivity index (χ1) is 13.7. The highest BCUT2D eigenvalue weighted by Crippen LogP contribution is 2.28. The number of halogens is 1. The van der Waals surface area contributed by atoms with Crippen molar-refractivity contribution in [3.8, 4) is 0 Å². The summed E-state index contributed by atoms with van der Waals surface area (Å²) in [5.41, 5.74) is 0.191. The molecule has 10 heteroatoms. The van der Waals surface area contributed by atoms with Gasteiger partial charge >= 0.3 is 0 Å². The zero-order chi connectivity index (χ0) is 21.2. The number of nitro groups is 1. The van der Waals surface area contributed by atoms with Crippen LogP contribution in [0.4, 0.5) is 11.4 Å². The molecule has 154 valence electrons. The molecule has 0 bridgehead atoms. The normalized spacial score (nSPS) is 15.1. The number of nitro benzene ring substituents is 1. The van der Waals surface area contributed by atoms with E-state index in [9.17, 15) is 23.3 Å². The molecule has 3 rings (SSSR count). The van der Waals surface area contributed by atoms with Crippen LogP contribution in [-0.4, -0.2) is 36.6 Å². The molecule has 1 aliphatic rings. The van der Waals surface area contributed by atoms with Gasteiger partial charge in [0.15, 0.2) is 0 Å². The fourth-order valence-corrected chi connectivity index (χ4v) is 5.19. The Balaban J connectivity index is 1.92. The number of carbonyl (C=O) groups is 1. The van der Waals surface area contributed by atoms with Crippen LogP contribution in [0.2, 0.25) is 5.02 Å². The van der Waals surface area contributed by atoms with E-state index < -0.39 is 20.9 Å². The monoisotopic (exact) mass is 437 g/mol. The van der Waals surface area contributed by atoms with Crippen molar-refractivity contribution in [3.63, 3.8) is 0 Å². The number of sulfonamides is 1. The van der Waals surface area contributed by atoms with Gasteiger partial charge in [0, 0.05) is 29.9 Å². The Kier molecular flexibility index (Phi) is 6.21. The quantitative estimate of drug-likeness (QED) is 0.561. The predicted octanol–water partition coefficient (Wildman–Crippen LogP) is 3.98. The standard InChI is InChI=1S/C19H20ClN3O5S/c1-13-5-7-15(12-18(13)29(27,28)22-9-3-2-4-10-22)21-19(24)16-11-14(20)6-8-17(16)23(25)26/h5-8,11-12H,2-4,9-10H2,1H3,(H,21,24). The Bertz CT molecular complexity index is 1070. The largest absolute Gasteiger partial charge is 0.322 e. The summed E-state index contributed by atoms with van der Waals surface area (Å²) < 4.78 is 27.5. The molecule has 8 nitrogen and oxygen atoms in total. The first-order valence-corrected chi connectivity index (χ1v) is 10.9. The molecule has 0 aliphatic carbocycles. The molecule has 0 aromatic heterocycles. The van der Waals surface area contributed by atoms with E-state index in [-0.39, 0.29) is 26.9 Å². The molecule has 1 N–H and O–H groups in total. The molecule has 2 aromatic rings. The fraction of sp³-hybridized carbons (Fsp3) is 0.316. The highest BCUT2D eigenvalue weighted by molar-refractivity contribution is 7.89. The molecule has 2 aromatic carbocycles. The highest BCUT2D eigenvalue weighted by atomic mass is 35.5. The lowest BCUT2D eigenvalue weighted by molar-refractivity contribution is -0.385. The molecular weight excluding hydrogens is 418 g/mol. The third kappa shape index (κ3) is 4.58. The van der Waals surface area contributed by atoms with Crippen LogP contribution in [0.15, 0.2) is 41.3 Å². The van der Waals surface area contributed by atoms with E-state index in [2.05, 4.69) is 5.32 Å². The van der Waals surface area contributed by atoms with Crippen molar-refractivity contribution in [2.24, 2.45) is 0 Å². The van der Waals surface area contributed by atoms with Gasteiger partial charge in [-0.15, -0.1) is 0 Å². The van der Waals surface area contributed by atoms with Crippen LogP contribution in [0.5, 0.6) is 0 Å². The van der Waals surface area contributed by atoms with E-state index in [1.165, 1.54) is 22.5 Å². The fourth-order valence-electron chi connectivity index (χ4n) is 3.25. The first kappa shape index (κ1) is 21.2. The van der Waals surface area contributed by atoms with Gasteiger partial charge in [0.05, 0.1) is 9.82 Å². The lowest BCUT2D eigenvalue weighted by Crippen LogP contribution is -2.36. The highest BCUT2D eigenvalue weighted by Gasteiger charge is 2.28. The van der Waals surface area contributed by atoms with Crippen molar-refractivity contribution in [3.05, 3.63) is 62.7 Å². The number of piperidine rings is 1. The molecule has 1 fully saturated rings. The summed E-state index contributed by atoms with van der Waals surface area (Å²) in [6, 6.07) is 8.21. The molecule has 0 saturated carbocycles. The number of hydrogen-bond acceptors (Lipinski definition) is 5. The average molecular weight is 438 g/mol. The summed E-state index contributed by atoms with van der Waals surface area (Å²) in [7, 11) is -3.69. The number of rotatable bonds is 5. The third-order valence-corrected chi connectivity index (χ3v) is 7.05. The second kappa shape index (κ2) is 8.48.